The highest BCUT2D eigenvalue weighted by Crippen LogP contribution is 2.34. The maximum Gasteiger partial charge on any atom is 0.324 e. The van der Waals surface area contributed by atoms with Gasteiger partial charge in [-0.2, -0.15) is 4.98 Å². The molecule has 0 N–H and O–H groups in total. The Labute approximate surface area is 123 Å². The monoisotopic (exact) mass is 286 g/mol. The van der Waals surface area contributed by atoms with E-state index in [1.807, 2.05) is 13.8 Å². The lowest BCUT2D eigenvalue weighted by Crippen LogP contribution is -2.29. The van der Waals surface area contributed by atoms with Crippen LogP contribution in [0.3, 0.4) is 0 Å². The van der Waals surface area contributed by atoms with Crippen molar-refractivity contribution in [3.63, 3.8) is 0 Å². The van der Waals surface area contributed by atoms with Crippen molar-refractivity contribution in [3.05, 3.63) is 23.9 Å². The average Bonchev–Trinajstić information content (AvgIpc) is 3.11. The molecule has 2 fully saturated rings. The van der Waals surface area contributed by atoms with E-state index in [4.69, 9.17) is 4.52 Å². The molecule has 21 heavy (non-hydrogen) atoms. The van der Waals surface area contributed by atoms with E-state index in [0.717, 1.165) is 37.7 Å². The minimum absolute atomic E-state index is 0.632. The zero-order chi connectivity index (χ0) is 14.4. The fourth-order valence-corrected chi connectivity index (χ4v) is 3.36. The normalized spacial score (nSPS) is 24.7. The van der Waals surface area contributed by atoms with Gasteiger partial charge in [0.2, 0.25) is 0 Å². The van der Waals surface area contributed by atoms with Crippen molar-refractivity contribution in [1.29, 1.82) is 0 Å². The Morgan fingerprint density at radius 2 is 1.76 bits per heavy atom. The van der Waals surface area contributed by atoms with Crippen LogP contribution in [0.2, 0.25) is 0 Å². The number of aromatic nitrogens is 4. The third-order valence-corrected chi connectivity index (χ3v) is 4.39. The molecule has 0 bridgehead atoms. The van der Waals surface area contributed by atoms with Crippen molar-refractivity contribution in [2.75, 3.05) is 36.0 Å². The Kier molecular flexibility index (Phi) is 2.80. The number of fused-ring (bicyclic) bond motifs is 1. The molecule has 0 aliphatic carbocycles. The van der Waals surface area contributed by atoms with Crippen LogP contribution in [0.1, 0.15) is 11.5 Å². The van der Waals surface area contributed by atoms with Gasteiger partial charge in [-0.1, -0.05) is 5.16 Å². The molecule has 2 aromatic heterocycles. The van der Waals surface area contributed by atoms with Gasteiger partial charge in [-0.25, -0.2) is 9.97 Å². The summed E-state index contributed by atoms with van der Waals surface area (Å²) in [5.74, 6) is 3.00. The second-order valence-corrected chi connectivity index (χ2v) is 5.97. The third kappa shape index (κ3) is 2.22. The summed E-state index contributed by atoms with van der Waals surface area (Å²) < 4.78 is 5.27. The van der Waals surface area contributed by atoms with Gasteiger partial charge >= 0.3 is 6.01 Å². The first-order chi connectivity index (χ1) is 10.2. The van der Waals surface area contributed by atoms with Crippen LogP contribution < -0.4 is 9.80 Å². The number of rotatable bonds is 2. The van der Waals surface area contributed by atoms with Crippen LogP contribution in [-0.4, -0.2) is 46.3 Å². The van der Waals surface area contributed by atoms with Crippen LogP contribution in [0.5, 0.6) is 0 Å². The molecule has 0 radical (unpaired) electrons. The second kappa shape index (κ2) is 4.68. The molecular weight excluding hydrogens is 268 g/mol. The molecule has 7 heteroatoms. The van der Waals surface area contributed by atoms with Crippen LogP contribution >= 0.6 is 0 Å². The summed E-state index contributed by atoms with van der Waals surface area (Å²) in [7, 11) is 0. The van der Waals surface area contributed by atoms with Gasteiger partial charge in [0.15, 0.2) is 5.82 Å². The van der Waals surface area contributed by atoms with E-state index in [0.29, 0.717) is 23.7 Å². The van der Waals surface area contributed by atoms with E-state index in [-0.39, 0.29) is 0 Å². The summed E-state index contributed by atoms with van der Waals surface area (Å²) in [4.78, 5) is 17.4. The number of nitrogens with zero attached hydrogens (tertiary/aromatic N) is 6. The minimum atomic E-state index is 0.632. The highest BCUT2D eigenvalue weighted by atomic mass is 16.5. The minimum Gasteiger partial charge on any atom is -0.356 e. The Morgan fingerprint density at radius 1 is 1.05 bits per heavy atom. The van der Waals surface area contributed by atoms with E-state index in [9.17, 15) is 0 Å². The van der Waals surface area contributed by atoms with Gasteiger partial charge in [0.05, 0.1) is 0 Å². The number of hydrogen-bond acceptors (Lipinski definition) is 7. The van der Waals surface area contributed by atoms with E-state index in [1.54, 1.807) is 6.33 Å². The van der Waals surface area contributed by atoms with E-state index in [1.165, 1.54) is 0 Å². The topological polar surface area (TPSA) is 71.2 Å². The van der Waals surface area contributed by atoms with Crippen molar-refractivity contribution in [1.82, 2.24) is 20.1 Å². The van der Waals surface area contributed by atoms with E-state index >= 15 is 0 Å². The molecule has 0 saturated carbocycles. The van der Waals surface area contributed by atoms with Crippen molar-refractivity contribution in [2.24, 2.45) is 11.8 Å². The first kappa shape index (κ1) is 12.6. The molecule has 2 aromatic rings. The summed E-state index contributed by atoms with van der Waals surface area (Å²) in [5.41, 5.74) is 1.01. The molecule has 0 spiro atoms. The summed E-state index contributed by atoms with van der Waals surface area (Å²) in [5, 5.41) is 3.87. The van der Waals surface area contributed by atoms with Crippen molar-refractivity contribution in [2.45, 2.75) is 13.8 Å². The van der Waals surface area contributed by atoms with Crippen molar-refractivity contribution >= 4 is 11.8 Å². The first-order valence-corrected chi connectivity index (χ1v) is 7.28. The SMILES string of the molecule is Cc1cc(N2CC3CN(c4nc(C)no4)CC3C2)ncn1. The highest BCUT2D eigenvalue weighted by Gasteiger charge is 2.41. The van der Waals surface area contributed by atoms with Crippen LogP contribution in [-0.2, 0) is 0 Å². The molecule has 4 rings (SSSR count). The van der Waals surface area contributed by atoms with Crippen molar-refractivity contribution in [3.8, 4) is 0 Å². The molecule has 0 amide bonds. The maximum atomic E-state index is 5.27. The molecule has 2 atom stereocenters. The van der Waals surface area contributed by atoms with Crippen LogP contribution in [0.15, 0.2) is 16.9 Å². The van der Waals surface area contributed by atoms with Crippen LogP contribution in [0, 0.1) is 25.7 Å². The Hall–Kier alpha value is -2.18. The zero-order valence-electron chi connectivity index (χ0n) is 12.2. The number of hydrogen-bond donors (Lipinski definition) is 0. The number of anilines is 2. The Bertz CT molecular complexity index is 642. The van der Waals surface area contributed by atoms with E-state index in [2.05, 4.69) is 36.0 Å². The quantitative estimate of drug-likeness (QED) is 0.817. The van der Waals surface area contributed by atoms with Gasteiger partial charge < -0.3 is 14.3 Å². The Balaban J connectivity index is 1.46. The Morgan fingerprint density at radius 3 is 2.38 bits per heavy atom. The highest BCUT2D eigenvalue weighted by molar-refractivity contribution is 5.42. The summed E-state index contributed by atoms with van der Waals surface area (Å²) in [6.07, 6.45) is 1.65. The van der Waals surface area contributed by atoms with Gasteiger partial charge in [-0.05, 0) is 13.8 Å². The van der Waals surface area contributed by atoms with Crippen molar-refractivity contribution < 1.29 is 4.52 Å². The molecule has 2 unspecified atom stereocenters. The lowest BCUT2D eigenvalue weighted by molar-refractivity contribution is 0.411. The standard InChI is InChI=1S/C14H18N6O/c1-9-3-13(16-8-15-9)19-4-11-6-20(7-12(11)5-19)14-17-10(2)18-21-14/h3,8,11-12H,4-7H2,1-2H3. The molecule has 7 nitrogen and oxygen atoms in total. The molecule has 2 aliphatic heterocycles. The predicted molar refractivity (Wildman–Crippen MR) is 77.2 cm³/mol. The first-order valence-electron chi connectivity index (χ1n) is 7.28. The molecule has 2 aliphatic rings. The van der Waals surface area contributed by atoms with Gasteiger partial charge in [0.1, 0.15) is 12.1 Å². The summed E-state index contributed by atoms with van der Waals surface area (Å²) in [6, 6.07) is 2.71. The van der Waals surface area contributed by atoms with Gasteiger partial charge in [0.25, 0.3) is 0 Å². The van der Waals surface area contributed by atoms with Gasteiger partial charge in [-0.15, -0.1) is 0 Å². The van der Waals surface area contributed by atoms with Crippen LogP contribution in [0.25, 0.3) is 0 Å². The van der Waals surface area contributed by atoms with E-state index < -0.39 is 0 Å². The molecule has 4 heterocycles. The third-order valence-electron chi connectivity index (χ3n) is 4.39. The smallest absolute Gasteiger partial charge is 0.324 e. The lowest BCUT2D eigenvalue weighted by atomic mass is 10.0. The molecular formula is C14H18N6O. The largest absolute Gasteiger partial charge is 0.356 e. The van der Waals surface area contributed by atoms with Gasteiger partial charge in [0, 0.05) is 49.8 Å². The summed E-state index contributed by atoms with van der Waals surface area (Å²) in [6.45, 7) is 7.88. The molecule has 2 saturated heterocycles. The molecule has 0 aromatic carbocycles. The van der Waals surface area contributed by atoms with Crippen LogP contribution in [0.4, 0.5) is 11.8 Å². The fraction of sp³-hybridized carbons (Fsp3) is 0.571. The summed E-state index contributed by atoms with van der Waals surface area (Å²) >= 11 is 0. The molecule has 110 valence electrons. The lowest BCUT2D eigenvalue weighted by Gasteiger charge is -2.21. The average molecular weight is 286 g/mol. The fourth-order valence-electron chi connectivity index (χ4n) is 3.36. The van der Waals surface area contributed by atoms with Gasteiger partial charge in [-0.3, -0.25) is 0 Å². The number of aryl methyl sites for hydroxylation is 2. The zero-order valence-corrected chi connectivity index (χ0v) is 12.2. The second-order valence-electron chi connectivity index (χ2n) is 5.97. The predicted octanol–water partition coefficient (Wildman–Crippen LogP) is 1.05. The maximum absolute atomic E-state index is 5.27.